The Hall–Kier alpha value is -3.74. The molecule has 0 radical (unpaired) electrons. The summed E-state index contributed by atoms with van der Waals surface area (Å²) < 4.78 is 36.7. The number of rotatable bonds is 8. The molecule has 0 bridgehead atoms. The Kier molecular flexibility index (Phi) is 7.86. The number of ether oxygens (including phenoxy) is 1. The lowest BCUT2D eigenvalue weighted by Crippen LogP contribution is -2.46. The van der Waals surface area contributed by atoms with Crippen molar-refractivity contribution in [1.29, 1.82) is 0 Å². The van der Waals surface area contributed by atoms with Gasteiger partial charge in [-0.3, -0.25) is 4.79 Å². The maximum absolute atomic E-state index is 13.1. The molecule has 0 N–H and O–H groups in total. The number of aromatic nitrogens is 4. The Morgan fingerprint density at radius 3 is 2.39 bits per heavy atom. The summed E-state index contributed by atoms with van der Waals surface area (Å²) in [5.74, 6) is 0.864. The zero-order valence-corrected chi connectivity index (χ0v) is 23.3. The second kappa shape index (κ2) is 10.9. The summed E-state index contributed by atoms with van der Waals surface area (Å²) in [5, 5.41) is 3.78. The van der Waals surface area contributed by atoms with E-state index in [1.54, 1.807) is 44.1 Å². The van der Waals surface area contributed by atoms with Crippen LogP contribution in [-0.2, 0) is 15.6 Å². The van der Waals surface area contributed by atoms with Crippen molar-refractivity contribution in [3.05, 3.63) is 47.2 Å². The van der Waals surface area contributed by atoms with Gasteiger partial charge in [-0.25, -0.2) is 13.4 Å². The first-order valence-electron chi connectivity index (χ1n) is 12.2. The summed E-state index contributed by atoms with van der Waals surface area (Å²) >= 11 is 0. The van der Waals surface area contributed by atoms with E-state index in [0.29, 0.717) is 22.8 Å². The van der Waals surface area contributed by atoms with Crippen molar-refractivity contribution in [3.8, 4) is 5.75 Å². The molecule has 1 aliphatic rings. The quantitative estimate of drug-likeness (QED) is 0.414. The summed E-state index contributed by atoms with van der Waals surface area (Å²) in [6.45, 7) is 4.86. The summed E-state index contributed by atoms with van der Waals surface area (Å²) in [6, 6.07) is 5.18. The van der Waals surface area contributed by atoms with E-state index in [9.17, 15) is 13.2 Å². The molecule has 12 nitrogen and oxygen atoms in total. The highest BCUT2D eigenvalue weighted by Crippen LogP contribution is 2.28. The molecular formula is C25H33N7O5S. The first kappa shape index (κ1) is 27.3. The molecule has 13 heteroatoms. The molecule has 1 saturated heterocycles. The Morgan fingerprint density at radius 1 is 1.13 bits per heavy atom. The van der Waals surface area contributed by atoms with Gasteiger partial charge in [-0.1, -0.05) is 5.16 Å². The highest BCUT2D eigenvalue weighted by molar-refractivity contribution is 7.90. The lowest BCUT2D eigenvalue weighted by molar-refractivity contribution is 0.0659. The molecule has 0 aliphatic carbocycles. The van der Waals surface area contributed by atoms with Crippen LogP contribution in [0.4, 0.5) is 11.8 Å². The maximum Gasteiger partial charge on any atom is 0.316 e. The number of sulfone groups is 1. The number of carbonyl (C=O) groups excluding carboxylic acids is 1. The molecule has 1 aromatic carbocycles. The molecule has 3 heterocycles. The SMILES string of the molecule is COc1cc(C)c(S(=O)(=O)Cc2noc(C(=O)N(C)C3CCN(c4ccnc(N(C)C)n4)CC3)n2)c(C)c1. The van der Waals surface area contributed by atoms with Crippen LogP contribution in [0.25, 0.3) is 0 Å². The third kappa shape index (κ3) is 5.72. The van der Waals surface area contributed by atoms with Gasteiger partial charge in [-0.2, -0.15) is 9.97 Å². The van der Waals surface area contributed by atoms with Crippen molar-refractivity contribution in [2.45, 2.75) is 43.4 Å². The smallest absolute Gasteiger partial charge is 0.316 e. The number of methoxy groups -OCH3 is 1. The van der Waals surface area contributed by atoms with E-state index < -0.39 is 21.5 Å². The highest BCUT2D eigenvalue weighted by atomic mass is 32.2. The van der Waals surface area contributed by atoms with Crippen molar-refractivity contribution in [2.24, 2.45) is 0 Å². The van der Waals surface area contributed by atoms with Gasteiger partial charge < -0.3 is 24.0 Å². The predicted octanol–water partition coefficient (Wildman–Crippen LogP) is 2.27. The zero-order chi connectivity index (χ0) is 27.6. The molecule has 3 aromatic rings. The summed E-state index contributed by atoms with van der Waals surface area (Å²) in [5.41, 5.74) is 1.13. The topological polar surface area (TPSA) is 135 Å². The van der Waals surface area contributed by atoms with Gasteiger partial charge in [0.25, 0.3) is 0 Å². The van der Waals surface area contributed by atoms with Gasteiger partial charge in [-0.15, -0.1) is 0 Å². The van der Waals surface area contributed by atoms with Gasteiger partial charge in [0.05, 0.1) is 12.0 Å². The second-order valence-corrected chi connectivity index (χ2v) is 11.5. The highest BCUT2D eigenvalue weighted by Gasteiger charge is 2.31. The minimum absolute atomic E-state index is 0.0300. The van der Waals surface area contributed by atoms with Crippen LogP contribution in [0.3, 0.4) is 0 Å². The fourth-order valence-electron chi connectivity index (χ4n) is 4.69. The number of benzene rings is 1. The molecule has 4 rings (SSSR count). The molecule has 0 atom stereocenters. The molecule has 1 aliphatic heterocycles. The molecule has 0 unspecified atom stereocenters. The number of nitrogens with zero attached hydrogens (tertiary/aromatic N) is 7. The molecule has 1 amide bonds. The second-order valence-electron chi connectivity index (χ2n) is 9.61. The Balaban J connectivity index is 1.40. The average molecular weight is 544 g/mol. The molecule has 1 fully saturated rings. The molecule has 0 saturated carbocycles. The number of anilines is 2. The lowest BCUT2D eigenvalue weighted by atomic mass is 10.0. The molecular weight excluding hydrogens is 510 g/mol. The van der Waals surface area contributed by atoms with Crippen LogP contribution < -0.4 is 14.5 Å². The fourth-order valence-corrected chi connectivity index (χ4v) is 6.39. The van der Waals surface area contributed by atoms with Crippen LogP contribution in [0, 0.1) is 13.8 Å². The largest absolute Gasteiger partial charge is 0.497 e. The minimum atomic E-state index is -3.78. The summed E-state index contributed by atoms with van der Waals surface area (Å²) in [4.78, 5) is 31.8. The van der Waals surface area contributed by atoms with Crippen molar-refractivity contribution in [3.63, 3.8) is 0 Å². The van der Waals surface area contributed by atoms with E-state index in [0.717, 1.165) is 31.7 Å². The Morgan fingerprint density at radius 2 is 1.79 bits per heavy atom. The number of amides is 1. The average Bonchev–Trinajstić information content (AvgIpc) is 3.34. The number of carbonyl (C=O) groups is 1. The lowest BCUT2D eigenvalue weighted by Gasteiger charge is -2.36. The van der Waals surface area contributed by atoms with Crippen molar-refractivity contribution in [1.82, 2.24) is 25.0 Å². The van der Waals surface area contributed by atoms with Crippen LogP contribution >= 0.6 is 0 Å². The zero-order valence-electron chi connectivity index (χ0n) is 22.5. The first-order valence-corrected chi connectivity index (χ1v) is 13.9. The van der Waals surface area contributed by atoms with Crippen LogP contribution in [-0.4, -0.2) is 86.7 Å². The van der Waals surface area contributed by atoms with Gasteiger partial charge in [0.2, 0.25) is 5.95 Å². The molecule has 38 heavy (non-hydrogen) atoms. The number of hydrogen-bond acceptors (Lipinski definition) is 11. The van der Waals surface area contributed by atoms with Crippen LogP contribution in [0.1, 0.15) is 40.5 Å². The predicted molar refractivity (Wildman–Crippen MR) is 141 cm³/mol. The monoisotopic (exact) mass is 543 g/mol. The van der Waals surface area contributed by atoms with Crippen LogP contribution in [0.15, 0.2) is 33.8 Å². The number of aryl methyl sites for hydroxylation is 2. The van der Waals surface area contributed by atoms with E-state index >= 15 is 0 Å². The summed E-state index contributed by atoms with van der Waals surface area (Å²) in [6.07, 6.45) is 3.20. The Labute approximate surface area is 222 Å². The number of piperidine rings is 1. The van der Waals surface area contributed by atoms with Crippen molar-refractivity contribution < 1.29 is 22.5 Å². The molecule has 204 valence electrons. The van der Waals surface area contributed by atoms with E-state index in [4.69, 9.17) is 9.26 Å². The van der Waals surface area contributed by atoms with Gasteiger partial charge in [0, 0.05) is 46.5 Å². The van der Waals surface area contributed by atoms with Crippen molar-refractivity contribution in [2.75, 3.05) is 51.1 Å². The first-order chi connectivity index (χ1) is 18.0. The standard InChI is InChI=1S/C25H33N7O5S/c1-16-13-19(36-6)14-17(2)22(16)38(34,35)15-20-27-23(37-29-20)24(33)31(5)18-8-11-32(12-9-18)21-7-10-26-25(28-21)30(3)4/h7,10,13-14,18H,8-9,11-12,15H2,1-6H3. The van der Waals surface area contributed by atoms with Gasteiger partial charge in [0.1, 0.15) is 17.3 Å². The fraction of sp³-hybridized carbons (Fsp3) is 0.480. The molecule has 0 spiro atoms. The molecule has 2 aromatic heterocycles. The van der Waals surface area contributed by atoms with E-state index in [-0.39, 0.29) is 22.7 Å². The normalized spacial score (nSPS) is 14.4. The van der Waals surface area contributed by atoms with Crippen LogP contribution in [0.5, 0.6) is 5.75 Å². The Bertz CT molecular complexity index is 1390. The minimum Gasteiger partial charge on any atom is -0.497 e. The summed E-state index contributed by atoms with van der Waals surface area (Å²) in [7, 11) is 3.23. The number of hydrogen-bond donors (Lipinski definition) is 0. The van der Waals surface area contributed by atoms with E-state index in [1.165, 1.54) is 7.11 Å². The van der Waals surface area contributed by atoms with Gasteiger partial charge in [-0.05, 0) is 56.0 Å². The van der Waals surface area contributed by atoms with Crippen LogP contribution in [0.2, 0.25) is 0 Å². The third-order valence-electron chi connectivity index (χ3n) is 6.64. The van der Waals surface area contributed by atoms with E-state index in [1.807, 2.05) is 25.1 Å². The van der Waals surface area contributed by atoms with Gasteiger partial charge >= 0.3 is 11.8 Å². The van der Waals surface area contributed by atoms with Gasteiger partial charge in [0.15, 0.2) is 15.7 Å². The van der Waals surface area contributed by atoms with E-state index in [2.05, 4.69) is 25.0 Å². The third-order valence-corrected chi connectivity index (χ3v) is 8.54. The van der Waals surface area contributed by atoms with Crippen molar-refractivity contribution >= 4 is 27.5 Å². The maximum atomic E-state index is 13.1.